The predicted octanol–water partition coefficient (Wildman–Crippen LogP) is 3.53. The summed E-state index contributed by atoms with van der Waals surface area (Å²) >= 11 is 3.38. The lowest BCUT2D eigenvalue weighted by molar-refractivity contribution is 0.564. The van der Waals surface area contributed by atoms with Crippen LogP contribution in [0.5, 0.6) is 0 Å². The summed E-state index contributed by atoms with van der Waals surface area (Å²) in [6, 6.07) is 9.55. The molecule has 3 nitrogen and oxygen atoms in total. The summed E-state index contributed by atoms with van der Waals surface area (Å²) in [4.78, 5) is 0. The van der Waals surface area contributed by atoms with Gasteiger partial charge in [0.25, 0.3) is 0 Å². The lowest BCUT2D eigenvalue weighted by Gasteiger charge is -2.07. The quantitative estimate of drug-likeness (QED) is 0.933. The van der Waals surface area contributed by atoms with Crippen molar-refractivity contribution in [2.45, 2.75) is 6.54 Å². The number of rotatable bonds is 3. The van der Waals surface area contributed by atoms with Crippen LogP contribution in [0.3, 0.4) is 0 Å². The third kappa shape index (κ3) is 2.44. The average Bonchev–Trinajstić information content (AvgIpc) is 2.79. The lowest BCUT2D eigenvalue weighted by Crippen LogP contribution is -2.00. The third-order valence-corrected chi connectivity index (χ3v) is 2.66. The van der Waals surface area contributed by atoms with Crippen LogP contribution in [-0.4, -0.2) is 0 Å². The van der Waals surface area contributed by atoms with Gasteiger partial charge in [0.1, 0.15) is 6.07 Å². The number of hydrogen-bond donors (Lipinski definition) is 1. The fraction of sp³-hybridized carbons (Fsp3) is 0.0833. The second-order valence-electron chi connectivity index (χ2n) is 3.29. The fourth-order valence-corrected chi connectivity index (χ4v) is 1.71. The van der Waals surface area contributed by atoms with Crippen LogP contribution >= 0.6 is 15.9 Å². The summed E-state index contributed by atoms with van der Waals surface area (Å²) in [5.74, 6) is 0. The molecule has 16 heavy (non-hydrogen) atoms. The molecule has 1 aromatic heterocycles. The van der Waals surface area contributed by atoms with E-state index in [1.165, 1.54) is 0 Å². The lowest BCUT2D eigenvalue weighted by atomic mass is 10.2. The molecule has 0 fully saturated rings. The molecular formula is C12H9BrN2O. The molecule has 0 saturated carbocycles. The molecule has 0 unspecified atom stereocenters. The SMILES string of the molecule is N#Cc1ccc(Br)cc1NCc1ccoc1. The first-order chi connectivity index (χ1) is 7.79. The summed E-state index contributed by atoms with van der Waals surface area (Å²) in [7, 11) is 0. The Hall–Kier alpha value is -1.73. The molecule has 0 saturated heterocycles. The number of furan rings is 1. The van der Waals surface area contributed by atoms with Crippen LogP contribution in [0.4, 0.5) is 5.69 Å². The zero-order valence-corrected chi connectivity index (χ0v) is 9.99. The standard InChI is InChI=1S/C12H9BrN2O/c13-11-2-1-10(6-14)12(5-11)15-7-9-3-4-16-8-9/h1-5,8,15H,7H2. The molecule has 1 N–H and O–H groups in total. The smallest absolute Gasteiger partial charge is 0.101 e. The number of halogens is 1. The molecule has 0 aliphatic rings. The number of nitrogens with one attached hydrogen (secondary N) is 1. The highest BCUT2D eigenvalue weighted by Crippen LogP contribution is 2.21. The van der Waals surface area contributed by atoms with E-state index in [4.69, 9.17) is 9.68 Å². The van der Waals surface area contributed by atoms with E-state index in [9.17, 15) is 0 Å². The van der Waals surface area contributed by atoms with Crippen LogP contribution in [0.2, 0.25) is 0 Å². The Morgan fingerprint density at radius 1 is 1.38 bits per heavy atom. The van der Waals surface area contributed by atoms with E-state index in [0.717, 1.165) is 15.7 Å². The Morgan fingerprint density at radius 2 is 2.25 bits per heavy atom. The van der Waals surface area contributed by atoms with Gasteiger partial charge in [-0.2, -0.15) is 5.26 Å². The van der Waals surface area contributed by atoms with E-state index in [-0.39, 0.29) is 0 Å². The van der Waals surface area contributed by atoms with Gasteiger partial charge in [0, 0.05) is 16.6 Å². The van der Waals surface area contributed by atoms with Crippen molar-refractivity contribution in [2.75, 3.05) is 5.32 Å². The van der Waals surface area contributed by atoms with E-state index < -0.39 is 0 Å². The number of hydrogen-bond acceptors (Lipinski definition) is 3. The second-order valence-corrected chi connectivity index (χ2v) is 4.20. The highest BCUT2D eigenvalue weighted by molar-refractivity contribution is 9.10. The normalized spacial score (nSPS) is 9.75. The second kappa shape index (κ2) is 4.86. The minimum absolute atomic E-state index is 0.631. The largest absolute Gasteiger partial charge is 0.472 e. The highest BCUT2D eigenvalue weighted by atomic mass is 79.9. The maximum absolute atomic E-state index is 8.94. The molecule has 0 radical (unpaired) electrons. The summed E-state index contributed by atoms with van der Waals surface area (Å²) in [5, 5.41) is 12.1. The highest BCUT2D eigenvalue weighted by Gasteiger charge is 2.02. The predicted molar refractivity (Wildman–Crippen MR) is 64.9 cm³/mol. The van der Waals surface area contributed by atoms with Crippen LogP contribution in [0.1, 0.15) is 11.1 Å². The minimum atomic E-state index is 0.631. The van der Waals surface area contributed by atoms with Crippen molar-refractivity contribution < 1.29 is 4.42 Å². The zero-order valence-electron chi connectivity index (χ0n) is 8.40. The van der Waals surface area contributed by atoms with Gasteiger partial charge in [-0.3, -0.25) is 0 Å². The van der Waals surface area contributed by atoms with Gasteiger partial charge in [0.05, 0.1) is 23.8 Å². The van der Waals surface area contributed by atoms with Crippen LogP contribution in [0, 0.1) is 11.3 Å². The molecule has 0 spiro atoms. The van der Waals surface area contributed by atoms with Gasteiger partial charge < -0.3 is 9.73 Å². The molecule has 0 aliphatic carbocycles. The molecule has 0 aliphatic heterocycles. The number of benzene rings is 1. The van der Waals surface area contributed by atoms with E-state index in [1.807, 2.05) is 18.2 Å². The average molecular weight is 277 g/mol. The summed E-state index contributed by atoms with van der Waals surface area (Å²) in [6.45, 7) is 0.641. The fourth-order valence-electron chi connectivity index (χ4n) is 1.35. The summed E-state index contributed by atoms with van der Waals surface area (Å²) in [6.07, 6.45) is 3.31. The van der Waals surface area contributed by atoms with Gasteiger partial charge >= 0.3 is 0 Å². The zero-order chi connectivity index (χ0) is 11.4. The van der Waals surface area contributed by atoms with E-state index in [2.05, 4.69) is 27.3 Å². The number of nitrogens with zero attached hydrogens (tertiary/aromatic N) is 1. The molecule has 0 amide bonds. The molecule has 2 rings (SSSR count). The summed E-state index contributed by atoms with van der Waals surface area (Å²) in [5.41, 5.74) is 2.49. The summed E-state index contributed by atoms with van der Waals surface area (Å²) < 4.78 is 5.91. The van der Waals surface area contributed by atoms with E-state index in [0.29, 0.717) is 12.1 Å². The monoisotopic (exact) mass is 276 g/mol. The maximum Gasteiger partial charge on any atom is 0.101 e. The van der Waals surface area contributed by atoms with Crippen molar-refractivity contribution >= 4 is 21.6 Å². The van der Waals surface area contributed by atoms with Gasteiger partial charge in [-0.15, -0.1) is 0 Å². The Balaban J connectivity index is 2.15. The Kier molecular flexibility index (Phi) is 3.28. The Bertz CT molecular complexity index is 514. The molecule has 1 aromatic carbocycles. The van der Waals surface area contributed by atoms with Crippen molar-refractivity contribution in [3.63, 3.8) is 0 Å². The molecule has 80 valence electrons. The van der Waals surface area contributed by atoms with Gasteiger partial charge in [-0.05, 0) is 24.3 Å². The van der Waals surface area contributed by atoms with E-state index in [1.54, 1.807) is 18.6 Å². The molecule has 1 heterocycles. The van der Waals surface area contributed by atoms with Crippen LogP contribution in [-0.2, 0) is 6.54 Å². The van der Waals surface area contributed by atoms with Gasteiger partial charge in [-0.1, -0.05) is 15.9 Å². The van der Waals surface area contributed by atoms with Crippen molar-refractivity contribution in [3.05, 3.63) is 52.4 Å². The van der Waals surface area contributed by atoms with Crippen molar-refractivity contribution in [1.82, 2.24) is 0 Å². The van der Waals surface area contributed by atoms with Crippen molar-refractivity contribution in [2.24, 2.45) is 0 Å². The van der Waals surface area contributed by atoms with Crippen LogP contribution in [0.25, 0.3) is 0 Å². The van der Waals surface area contributed by atoms with Gasteiger partial charge in [0.2, 0.25) is 0 Å². The number of nitriles is 1. The Labute approximate surface area is 102 Å². The van der Waals surface area contributed by atoms with Crippen molar-refractivity contribution in [1.29, 1.82) is 5.26 Å². The van der Waals surface area contributed by atoms with Gasteiger partial charge in [0.15, 0.2) is 0 Å². The maximum atomic E-state index is 8.94. The third-order valence-electron chi connectivity index (χ3n) is 2.17. The van der Waals surface area contributed by atoms with E-state index >= 15 is 0 Å². The first-order valence-corrected chi connectivity index (χ1v) is 5.53. The first-order valence-electron chi connectivity index (χ1n) is 4.74. The molecule has 2 aromatic rings. The molecule has 4 heteroatoms. The van der Waals surface area contributed by atoms with Crippen molar-refractivity contribution in [3.8, 4) is 6.07 Å². The molecule has 0 atom stereocenters. The van der Waals surface area contributed by atoms with Crippen LogP contribution in [0.15, 0.2) is 45.7 Å². The molecular weight excluding hydrogens is 268 g/mol. The minimum Gasteiger partial charge on any atom is -0.472 e. The first kappa shape index (κ1) is 10.8. The Morgan fingerprint density at radius 3 is 2.94 bits per heavy atom. The number of anilines is 1. The van der Waals surface area contributed by atoms with Gasteiger partial charge in [-0.25, -0.2) is 0 Å². The van der Waals surface area contributed by atoms with Crippen LogP contribution < -0.4 is 5.32 Å². The molecule has 0 bridgehead atoms. The topological polar surface area (TPSA) is 49.0 Å².